The van der Waals surface area contributed by atoms with Gasteiger partial charge in [0, 0.05) is 35.3 Å². The molecule has 1 amide bonds. The van der Waals surface area contributed by atoms with Gasteiger partial charge in [-0.3, -0.25) is 14.4 Å². The van der Waals surface area contributed by atoms with Crippen LogP contribution in [0.1, 0.15) is 69.9 Å². The molecule has 1 aliphatic carbocycles. The van der Waals surface area contributed by atoms with Crippen LogP contribution in [0, 0.1) is 11.8 Å². The van der Waals surface area contributed by atoms with Crippen molar-refractivity contribution in [2.24, 2.45) is 11.8 Å². The van der Waals surface area contributed by atoms with Crippen molar-refractivity contribution >= 4 is 23.4 Å². The van der Waals surface area contributed by atoms with E-state index in [0.29, 0.717) is 18.7 Å². The highest BCUT2D eigenvalue weighted by atomic mass is 16.5. The van der Waals surface area contributed by atoms with Crippen LogP contribution in [0.2, 0.25) is 0 Å². The van der Waals surface area contributed by atoms with Crippen molar-refractivity contribution in [2.75, 3.05) is 19.7 Å². The zero-order valence-electron chi connectivity index (χ0n) is 18.3. The molecule has 0 spiro atoms. The van der Waals surface area contributed by atoms with Gasteiger partial charge in [0.15, 0.2) is 18.2 Å². The minimum absolute atomic E-state index is 0.00239. The Morgan fingerprint density at radius 1 is 0.806 bits per heavy atom. The monoisotopic (exact) mass is 421 g/mol. The maximum Gasteiger partial charge on any atom is 0.339 e. The molecule has 31 heavy (non-hydrogen) atoms. The molecular weight excluding hydrogens is 394 g/mol. The zero-order valence-corrected chi connectivity index (χ0v) is 18.3. The number of ketones is 2. The fraction of sp³-hybridized carbons (Fsp3) is 0.360. The second kappa shape index (κ2) is 9.25. The minimum Gasteiger partial charge on any atom is -0.452 e. The van der Waals surface area contributed by atoms with Crippen molar-refractivity contribution in [1.82, 2.24) is 4.90 Å². The molecule has 0 radical (unpaired) electrons. The smallest absolute Gasteiger partial charge is 0.339 e. The molecule has 2 aromatic rings. The van der Waals surface area contributed by atoms with Gasteiger partial charge in [-0.25, -0.2) is 4.79 Å². The predicted molar refractivity (Wildman–Crippen MR) is 116 cm³/mol. The van der Waals surface area contributed by atoms with E-state index >= 15 is 0 Å². The summed E-state index contributed by atoms with van der Waals surface area (Å²) in [5.74, 6) is -1.22. The lowest BCUT2D eigenvalue weighted by Crippen LogP contribution is -2.39. The van der Waals surface area contributed by atoms with Crippen LogP contribution in [0.25, 0.3) is 0 Å². The summed E-state index contributed by atoms with van der Waals surface area (Å²) in [6, 6.07) is 11.1. The van der Waals surface area contributed by atoms with Crippen molar-refractivity contribution in [3.8, 4) is 0 Å². The largest absolute Gasteiger partial charge is 0.452 e. The number of rotatable bonds is 7. The summed E-state index contributed by atoms with van der Waals surface area (Å²) in [7, 11) is 0. The fourth-order valence-corrected chi connectivity index (χ4v) is 3.77. The van der Waals surface area contributed by atoms with Crippen LogP contribution in [-0.4, -0.2) is 48.0 Å². The Morgan fingerprint density at radius 3 is 1.94 bits per heavy atom. The number of ether oxygens (including phenoxy) is 1. The van der Waals surface area contributed by atoms with Gasteiger partial charge in [-0.1, -0.05) is 64.1 Å². The maximum absolute atomic E-state index is 13.0. The van der Waals surface area contributed by atoms with E-state index in [9.17, 15) is 19.2 Å². The number of nitrogens with zero attached hydrogens (tertiary/aromatic N) is 1. The van der Waals surface area contributed by atoms with Gasteiger partial charge in [-0.05, 0) is 17.9 Å². The Bertz CT molecular complexity index is 1030. The van der Waals surface area contributed by atoms with Crippen LogP contribution < -0.4 is 0 Å². The van der Waals surface area contributed by atoms with Gasteiger partial charge in [0.1, 0.15) is 0 Å². The first-order valence-electron chi connectivity index (χ1n) is 10.5. The molecule has 0 bridgehead atoms. The first-order chi connectivity index (χ1) is 14.7. The number of esters is 1. The molecule has 0 saturated carbocycles. The molecule has 1 aliphatic rings. The SMILES string of the molecule is CC(C)CN(CC(C)C)C(=O)COC(=O)c1cccc2c1C(=O)c1ccccc1C2=O. The molecule has 0 unspecified atom stereocenters. The van der Waals surface area contributed by atoms with Crippen molar-refractivity contribution in [3.63, 3.8) is 0 Å². The minimum atomic E-state index is -0.792. The quantitative estimate of drug-likeness (QED) is 0.543. The van der Waals surface area contributed by atoms with Gasteiger partial charge in [0.25, 0.3) is 5.91 Å². The molecule has 0 atom stereocenters. The van der Waals surface area contributed by atoms with Gasteiger partial charge in [-0.2, -0.15) is 0 Å². The van der Waals surface area contributed by atoms with Crippen LogP contribution in [0.15, 0.2) is 42.5 Å². The third-order valence-corrected chi connectivity index (χ3v) is 5.02. The van der Waals surface area contributed by atoms with Gasteiger partial charge < -0.3 is 9.64 Å². The van der Waals surface area contributed by atoms with Crippen molar-refractivity contribution in [1.29, 1.82) is 0 Å². The molecule has 0 fully saturated rings. The van der Waals surface area contributed by atoms with Crippen molar-refractivity contribution < 1.29 is 23.9 Å². The Kier molecular flexibility index (Phi) is 6.68. The highest BCUT2D eigenvalue weighted by Gasteiger charge is 2.33. The topological polar surface area (TPSA) is 80.8 Å². The maximum atomic E-state index is 13.0. The summed E-state index contributed by atoms with van der Waals surface area (Å²) >= 11 is 0. The van der Waals surface area contributed by atoms with Crippen molar-refractivity contribution in [2.45, 2.75) is 27.7 Å². The molecule has 0 N–H and O–H groups in total. The first kappa shape index (κ1) is 22.4. The van der Waals surface area contributed by atoms with E-state index in [1.54, 1.807) is 35.2 Å². The summed E-state index contributed by atoms with van der Waals surface area (Å²) in [5, 5.41) is 0. The summed E-state index contributed by atoms with van der Waals surface area (Å²) in [5.41, 5.74) is 0.781. The fourth-order valence-electron chi connectivity index (χ4n) is 3.77. The lowest BCUT2D eigenvalue weighted by Gasteiger charge is -2.26. The van der Waals surface area contributed by atoms with Gasteiger partial charge in [0.05, 0.1) is 5.56 Å². The van der Waals surface area contributed by atoms with E-state index in [-0.39, 0.29) is 45.8 Å². The number of amides is 1. The average molecular weight is 421 g/mol. The lowest BCUT2D eigenvalue weighted by atomic mass is 9.82. The third-order valence-electron chi connectivity index (χ3n) is 5.02. The molecule has 6 nitrogen and oxygen atoms in total. The van der Waals surface area contributed by atoms with E-state index < -0.39 is 18.4 Å². The van der Waals surface area contributed by atoms with Crippen LogP contribution in [0.3, 0.4) is 0 Å². The van der Waals surface area contributed by atoms with Gasteiger partial charge >= 0.3 is 5.97 Å². The van der Waals surface area contributed by atoms with Gasteiger partial charge in [0.2, 0.25) is 0 Å². The Balaban J connectivity index is 1.82. The molecule has 0 heterocycles. The molecule has 162 valence electrons. The highest BCUT2D eigenvalue weighted by Crippen LogP contribution is 2.29. The average Bonchev–Trinajstić information content (AvgIpc) is 2.74. The summed E-state index contributed by atoms with van der Waals surface area (Å²) in [6.45, 7) is 8.79. The molecule has 6 heteroatoms. The summed E-state index contributed by atoms with van der Waals surface area (Å²) in [4.78, 5) is 53.0. The Hall–Kier alpha value is -3.28. The number of carbonyl (C=O) groups is 4. The molecule has 0 aliphatic heterocycles. The number of hydrogen-bond donors (Lipinski definition) is 0. The molecular formula is C25H27NO5. The van der Waals surface area contributed by atoms with Crippen LogP contribution in [0.4, 0.5) is 0 Å². The van der Waals surface area contributed by atoms with Crippen LogP contribution >= 0.6 is 0 Å². The molecule has 2 aromatic carbocycles. The van der Waals surface area contributed by atoms with E-state index in [1.165, 1.54) is 12.1 Å². The highest BCUT2D eigenvalue weighted by molar-refractivity contribution is 6.30. The Morgan fingerprint density at radius 2 is 1.35 bits per heavy atom. The zero-order chi connectivity index (χ0) is 22.7. The predicted octanol–water partition coefficient (Wildman–Crippen LogP) is 3.76. The first-order valence-corrected chi connectivity index (χ1v) is 10.5. The number of hydrogen-bond acceptors (Lipinski definition) is 5. The summed E-state index contributed by atoms with van der Waals surface area (Å²) in [6.07, 6.45) is 0. The van der Waals surface area contributed by atoms with Crippen LogP contribution in [0.5, 0.6) is 0 Å². The van der Waals surface area contributed by atoms with Crippen molar-refractivity contribution in [3.05, 3.63) is 70.3 Å². The summed E-state index contributed by atoms with van der Waals surface area (Å²) < 4.78 is 5.28. The van der Waals surface area contributed by atoms with Gasteiger partial charge in [-0.15, -0.1) is 0 Å². The number of fused-ring (bicyclic) bond motifs is 2. The lowest BCUT2D eigenvalue weighted by molar-refractivity contribution is -0.135. The van der Waals surface area contributed by atoms with E-state index in [4.69, 9.17) is 4.74 Å². The Labute approximate surface area is 182 Å². The molecule has 0 saturated heterocycles. The standard InChI is InChI=1S/C25H27NO5/c1-15(2)12-26(13-16(3)4)21(27)14-31-25(30)20-11-7-10-19-22(20)24(29)18-9-6-5-8-17(18)23(19)28/h5-11,15-16H,12-14H2,1-4H3. The normalized spacial score (nSPS) is 12.6. The van der Waals surface area contributed by atoms with E-state index in [0.717, 1.165) is 0 Å². The van der Waals surface area contributed by atoms with E-state index in [1.807, 2.05) is 27.7 Å². The number of carbonyl (C=O) groups excluding carboxylic acids is 4. The number of benzene rings is 2. The van der Waals surface area contributed by atoms with Crippen LogP contribution in [-0.2, 0) is 9.53 Å². The third kappa shape index (κ3) is 4.74. The second-order valence-corrected chi connectivity index (χ2v) is 8.59. The molecule has 3 rings (SSSR count). The molecule has 0 aromatic heterocycles. The van der Waals surface area contributed by atoms with E-state index in [2.05, 4.69) is 0 Å². The second-order valence-electron chi connectivity index (χ2n) is 8.59.